The van der Waals surface area contributed by atoms with Crippen LogP contribution in [0.2, 0.25) is 0 Å². The van der Waals surface area contributed by atoms with Crippen molar-refractivity contribution in [2.24, 2.45) is 0 Å². The van der Waals surface area contributed by atoms with Crippen molar-refractivity contribution >= 4 is 39.6 Å². The van der Waals surface area contributed by atoms with Crippen LogP contribution in [0.3, 0.4) is 0 Å². The maximum Gasteiger partial charge on any atom is 0.149 e. The SMILES string of the molecule is c1ccc(N(c2ccccc2)c2ccc(-c3ccccc3Nc3cnc4ccccc4n3)cc2)cc1. The molecule has 4 nitrogen and oxygen atoms in total. The second-order valence-corrected chi connectivity index (χ2v) is 8.47. The summed E-state index contributed by atoms with van der Waals surface area (Å²) in [5, 5.41) is 3.47. The Morgan fingerprint density at radius 1 is 0.500 bits per heavy atom. The van der Waals surface area contributed by atoms with Gasteiger partial charge in [0.25, 0.3) is 0 Å². The highest BCUT2D eigenvalue weighted by molar-refractivity contribution is 5.84. The van der Waals surface area contributed by atoms with E-state index in [2.05, 4.69) is 106 Å². The quantitative estimate of drug-likeness (QED) is 0.268. The molecule has 6 aromatic rings. The Kier molecular flexibility index (Phi) is 5.83. The largest absolute Gasteiger partial charge is 0.338 e. The molecular formula is C32H24N4. The van der Waals surface area contributed by atoms with E-state index in [9.17, 15) is 0 Å². The summed E-state index contributed by atoms with van der Waals surface area (Å²) in [6.07, 6.45) is 1.78. The number of para-hydroxylation sites is 5. The van der Waals surface area contributed by atoms with Crippen LogP contribution in [-0.4, -0.2) is 9.97 Å². The van der Waals surface area contributed by atoms with Crippen molar-refractivity contribution in [3.8, 4) is 11.1 Å². The molecule has 0 fully saturated rings. The molecule has 0 aliphatic rings. The van der Waals surface area contributed by atoms with E-state index >= 15 is 0 Å². The number of hydrogen-bond acceptors (Lipinski definition) is 4. The first kappa shape index (κ1) is 21.6. The van der Waals surface area contributed by atoms with Gasteiger partial charge in [-0.1, -0.05) is 78.9 Å². The molecule has 0 spiro atoms. The van der Waals surface area contributed by atoms with Crippen LogP contribution < -0.4 is 10.2 Å². The lowest BCUT2D eigenvalue weighted by Crippen LogP contribution is -2.09. The molecule has 36 heavy (non-hydrogen) atoms. The highest BCUT2D eigenvalue weighted by Crippen LogP contribution is 2.36. The first-order valence-corrected chi connectivity index (χ1v) is 11.9. The average molecular weight is 465 g/mol. The second kappa shape index (κ2) is 9.72. The molecule has 0 radical (unpaired) electrons. The van der Waals surface area contributed by atoms with Gasteiger partial charge in [0.05, 0.1) is 17.2 Å². The van der Waals surface area contributed by atoms with E-state index in [-0.39, 0.29) is 0 Å². The van der Waals surface area contributed by atoms with Crippen LogP contribution in [0.25, 0.3) is 22.2 Å². The molecule has 1 aromatic heterocycles. The first-order chi connectivity index (χ1) is 17.8. The predicted octanol–water partition coefficient (Wildman–Crippen LogP) is 8.51. The Hall–Kier alpha value is -4.96. The molecule has 0 atom stereocenters. The van der Waals surface area contributed by atoms with Gasteiger partial charge in [0.1, 0.15) is 5.82 Å². The van der Waals surface area contributed by atoms with Crippen LogP contribution in [0.5, 0.6) is 0 Å². The van der Waals surface area contributed by atoms with Gasteiger partial charge in [-0.2, -0.15) is 0 Å². The molecule has 5 aromatic carbocycles. The number of anilines is 5. The van der Waals surface area contributed by atoms with Crippen LogP contribution in [0.4, 0.5) is 28.6 Å². The van der Waals surface area contributed by atoms with Crippen molar-refractivity contribution in [2.45, 2.75) is 0 Å². The fraction of sp³-hybridized carbons (Fsp3) is 0. The molecule has 0 aliphatic heterocycles. The van der Waals surface area contributed by atoms with Crippen LogP contribution in [-0.2, 0) is 0 Å². The minimum absolute atomic E-state index is 0.720. The van der Waals surface area contributed by atoms with Gasteiger partial charge < -0.3 is 10.2 Å². The van der Waals surface area contributed by atoms with Gasteiger partial charge >= 0.3 is 0 Å². The van der Waals surface area contributed by atoms with Gasteiger partial charge in [-0.15, -0.1) is 0 Å². The highest BCUT2D eigenvalue weighted by atomic mass is 15.1. The van der Waals surface area contributed by atoms with Crippen LogP contribution in [0.15, 0.2) is 140 Å². The monoisotopic (exact) mass is 464 g/mol. The van der Waals surface area contributed by atoms with Gasteiger partial charge in [-0.25, -0.2) is 4.98 Å². The molecular weight excluding hydrogens is 440 g/mol. The lowest BCUT2D eigenvalue weighted by Gasteiger charge is -2.25. The Bertz CT molecular complexity index is 1560. The van der Waals surface area contributed by atoms with Crippen LogP contribution in [0.1, 0.15) is 0 Å². The van der Waals surface area contributed by atoms with E-state index in [0.29, 0.717) is 0 Å². The van der Waals surface area contributed by atoms with Gasteiger partial charge in [-0.3, -0.25) is 4.98 Å². The maximum atomic E-state index is 4.73. The summed E-state index contributed by atoms with van der Waals surface area (Å²) in [5.41, 5.74) is 8.29. The third-order valence-electron chi connectivity index (χ3n) is 6.10. The third-order valence-corrected chi connectivity index (χ3v) is 6.10. The van der Waals surface area contributed by atoms with Gasteiger partial charge in [-0.05, 0) is 60.2 Å². The average Bonchev–Trinajstić information content (AvgIpc) is 2.95. The number of rotatable bonds is 6. The summed E-state index contributed by atoms with van der Waals surface area (Å²) in [4.78, 5) is 11.5. The Labute approximate surface area is 210 Å². The Morgan fingerprint density at radius 2 is 1.06 bits per heavy atom. The summed E-state index contributed by atoms with van der Waals surface area (Å²) < 4.78 is 0. The number of benzene rings is 5. The normalized spacial score (nSPS) is 10.8. The fourth-order valence-electron chi connectivity index (χ4n) is 4.39. The summed E-state index contributed by atoms with van der Waals surface area (Å²) >= 11 is 0. The van der Waals surface area contributed by atoms with Crippen LogP contribution >= 0.6 is 0 Å². The lowest BCUT2D eigenvalue weighted by atomic mass is 10.0. The minimum Gasteiger partial charge on any atom is -0.338 e. The summed E-state index contributed by atoms with van der Waals surface area (Å²) in [5.74, 6) is 0.720. The number of aromatic nitrogens is 2. The highest BCUT2D eigenvalue weighted by Gasteiger charge is 2.13. The molecule has 1 heterocycles. The van der Waals surface area contributed by atoms with Crippen molar-refractivity contribution < 1.29 is 0 Å². The van der Waals surface area contributed by atoms with Gasteiger partial charge in [0.15, 0.2) is 0 Å². The van der Waals surface area contributed by atoms with Crippen molar-refractivity contribution in [1.29, 1.82) is 0 Å². The molecule has 1 N–H and O–H groups in total. The van der Waals surface area contributed by atoms with E-state index in [1.54, 1.807) is 6.20 Å². The van der Waals surface area contributed by atoms with E-state index in [0.717, 1.165) is 50.7 Å². The number of nitrogens with one attached hydrogen (secondary N) is 1. The third kappa shape index (κ3) is 4.40. The molecule has 0 amide bonds. The molecule has 0 saturated heterocycles. The van der Waals surface area contributed by atoms with Crippen LogP contribution in [0, 0.1) is 0 Å². The smallest absolute Gasteiger partial charge is 0.149 e. The molecule has 0 bridgehead atoms. The van der Waals surface area contributed by atoms with Gasteiger partial charge in [0, 0.05) is 28.3 Å². The molecule has 0 unspecified atom stereocenters. The van der Waals surface area contributed by atoms with E-state index in [1.165, 1.54) is 0 Å². The Morgan fingerprint density at radius 3 is 1.75 bits per heavy atom. The Balaban J connectivity index is 1.34. The van der Waals surface area contributed by atoms with E-state index in [4.69, 9.17) is 4.98 Å². The van der Waals surface area contributed by atoms with Gasteiger partial charge in [0.2, 0.25) is 0 Å². The fourth-order valence-corrected chi connectivity index (χ4v) is 4.39. The first-order valence-electron chi connectivity index (χ1n) is 11.9. The van der Waals surface area contributed by atoms with Crippen molar-refractivity contribution in [1.82, 2.24) is 9.97 Å². The van der Waals surface area contributed by atoms with E-state index < -0.39 is 0 Å². The molecule has 0 aliphatic carbocycles. The molecule has 6 rings (SSSR count). The molecule has 172 valence electrons. The van der Waals surface area contributed by atoms with Crippen molar-refractivity contribution in [3.63, 3.8) is 0 Å². The maximum absolute atomic E-state index is 4.73. The standard InChI is InChI=1S/C32H24N4/c1-3-11-25(12-4-1)36(26-13-5-2-6-14-26)27-21-19-24(20-22-27)28-15-7-8-16-29(28)34-32-23-33-30-17-9-10-18-31(30)35-32/h1-23H,(H,34,35). The summed E-state index contributed by atoms with van der Waals surface area (Å²) in [7, 11) is 0. The lowest BCUT2D eigenvalue weighted by molar-refractivity contribution is 1.28. The van der Waals surface area contributed by atoms with Crippen molar-refractivity contribution in [2.75, 3.05) is 10.2 Å². The molecule has 4 heteroatoms. The molecule has 0 saturated carbocycles. The zero-order chi connectivity index (χ0) is 24.2. The number of nitrogens with zero attached hydrogens (tertiary/aromatic N) is 3. The summed E-state index contributed by atoms with van der Waals surface area (Å²) in [6, 6.07) is 45.7. The topological polar surface area (TPSA) is 41.0 Å². The zero-order valence-electron chi connectivity index (χ0n) is 19.6. The zero-order valence-corrected chi connectivity index (χ0v) is 19.6. The predicted molar refractivity (Wildman–Crippen MR) is 149 cm³/mol. The van der Waals surface area contributed by atoms with Crippen molar-refractivity contribution in [3.05, 3.63) is 140 Å². The minimum atomic E-state index is 0.720. The number of fused-ring (bicyclic) bond motifs is 1. The van der Waals surface area contributed by atoms with E-state index in [1.807, 2.05) is 42.5 Å². The summed E-state index contributed by atoms with van der Waals surface area (Å²) in [6.45, 7) is 0. The number of hydrogen-bond donors (Lipinski definition) is 1. The second-order valence-electron chi connectivity index (χ2n) is 8.47.